The number of fused-ring (bicyclic) bond motifs is 3. The zero-order valence-electron chi connectivity index (χ0n) is 8.79. The minimum Gasteiger partial charge on any atom is -0.480 e. The van der Waals surface area contributed by atoms with E-state index < -0.39 is 0 Å². The first kappa shape index (κ1) is 10.8. The molecule has 0 spiro atoms. The molecular formula is C11H7BrClN3O. The van der Waals surface area contributed by atoms with Gasteiger partial charge >= 0.3 is 0 Å². The Labute approximate surface area is 110 Å². The van der Waals surface area contributed by atoms with E-state index in [0.717, 1.165) is 26.4 Å². The van der Waals surface area contributed by atoms with Crippen LogP contribution in [0.4, 0.5) is 0 Å². The summed E-state index contributed by atoms with van der Waals surface area (Å²) in [4.78, 5) is 11.7. The van der Waals surface area contributed by atoms with E-state index in [-0.39, 0.29) is 0 Å². The van der Waals surface area contributed by atoms with Gasteiger partial charge in [0.1, 0.15) is 10.7 Å². The summed E-state index contributed by atoms with van der Waals surface area (Å²) in [6, 6.07) is 3.71. The van der Waals surface area contributed by atoms with Crippen molar-refractivity contribution < 1.29 is 4.74 Å². The number of aromatic nitrogens is 3. The smallest absolute Gasteiger partial charge is 0.226 e. The van der Waals surface area contributed by atoms with E-state index in [0.29, 0.717) is 11.0 Å². The fourth-order valence-electron chi connectivity index (χ4n) is 1.85. The second-order valence-corrected chi connectivity index (χ2v) is 4.85. The highest BCUT2D eigenvalue weighted by Gasteiger charge is 2.13. The van der Waals surface area contributed by atoms with Crippen molar-refractivity contribution in [1.29, 1.82) is 0 Å². The van der Waals surface area contributed by atoms with Crippen molar-refractivity contribution in [3.63, 3.8) is 0 Å². The minimum absolute atomic E-state index is 0.389. The Morgan fingerprint density at radius 3 is 2.94 bits per heavy atom. The van der Waals surface area contributed by atoms with Crippen LogP contribution in [0, 0.1) is 0 Å². The molecule has 17 heavy (non-hydrogen) atoms. The summed E-state index contributed by atoms with van der Waals surface area (Å²) >= 11 is 9.30. The second kappa shape index (κ2) is 3.85. The first-order valence-corrected chi connectivity index (χ1v) is 6.03. The standard InChI is InChI=1S/C11H7BrClN3O/c1-17-11-9-6(3-8(13)16-11)15-7-2-5(12)4-14-10(7)9/h2-4,15H,1H3. The largest absolute Gasteiger partial charge is 0.480 e. The Morgan fingerprint density at radius 2 is 2.18 bits per heavy atom. The van der Waals surface area contributed by atoms with Gasteiger partial charge in [-0.2, -0.15) is 0 Å². The van der Waals surface area contributed by atoms with E-state index in [9.17, 15) is 0 Å². The molecule has 0 atom stereocenters. The monoisotopic (exact) mass is 311 g/mol. The summed E-state index contributed by atoms with van der Waals surface area (Å²) in [7, 11) is 1.57. The third-order valence-electron chi connectivity index (χ3n) is 2.51. The molecule has 0 unspecified atom stereocenters. The first-order valence-electron chi connectivity index (χ1n) is 4.86. The van der Waals surface area contributed by atoms with Crippen molar-refractivity contribution >= 4 is 49.5 Å². The molecule has 3 heterocycles. The van der Waals surface area contributed by atoms with E-state index in [4.69, 9.17) is 16.3 Å². The van der Waals surface area contributed by atoms with Crippen molar-refractivity contribution in [2.24, 2.45) is 0 Å². The quantitative estimate of drug-likeness (QED) is 0.699. The SMILES string of the molecule is COc1nc(Cl)cc2[nH]c3cc(Br)cnc3c12. The Morgan fingerprint density at radius 1 is 1.35 bits per heavy atom. The van der Waals surface area contributed by atoms with Crippen molar-refractivity contribution in [1.82, 2.24) is 15.0 Å². The zero-order valence-corrected chi connectivity index (χ0v) is 11.1. The van der Waals surface area contributed by atoms with Gasteiger partial charge in [-0.25, -0.2) is 4.98 Å². The molecule has 3 aromatic rings. The Bertz CT molecular complexity index is 725. The van der Waals surface area contributed by atoms with Crippen molar-refractivity contribution in [2.45, 2.75) is 0 Å². The molecule has 3 rings (SSSR count). The summed E-state index contributed by atoms with van der Waals surface area (Å²) in [5.74, 6) is 0.480. The molecule has 0 saturated carbocycles. The lowest BCUT2D eigenvalue weighted by Crippen LogP contribution is -1.89. The lowest BCUT2D eigenvalue weighted by molar-refractivity contribution is 0.404. The fraction of sp³-hybridized carbons (Fsp3) is 0.0909. The normalized spacial score (nSPS) is 11.2. The van der Waals surface area contributed by atoms with Gasteiger partial charge in [-0.15, -0.1) is 0 Å². The molecule has 0 aliphatic rings. The van der Waals surface area contributed by atoms with E-state index in [1.54, 1.807) is 19.4 Å². The Hall–Kier alpha value is -1.33. The fourth-order valence-corrected chi connectivity index (χ4v) is 2.36. The van der Waals surface area contributed by atoms with Crippen LogP contribution in [-0.4, -0.2) is 22.1 Å². The van der Waals surface area contributed by atoms with Crippen LogP contribution in [0.25, 0.3) is 21.9 Å². The van der Waals surface area contributed by atoms with Gasteiger partial charge in [-0.3, -0.25) is 4.98 Å². The molecule has 0 radical (unpaired) electrons. The Balaban J connectivity index is 2.51. The van der Waals surface area contributed by atoms with Gasteiger partial charge in [-0.1, -0.05) is 11.6 Å². The summed E-state index contributed by atoms with van der Waals surface area (Å²) in [5, 5.41) is 1.24. The summed E-state index contributed by atoms with van der Waals surface area (Å²) in [6.07, 6.45) is 1.74. The average Bonchev–Trinajstić information content (AvgIpc) is 2.64. The number of hydrogen-bond donors (Lipinski definition) is 1. The zero-order chi connectivity index (χ0) is 12.0. The maximum atomic E-state index is 5.92. The van der Waals surface area contributed by atoms with Gasteiger partial charge in [0, 0.05) is 10.7 Å². The van der Waals surface area contributed by atoms with Gasteiger partial charge in [0.15, 0.2) is 0 Å². The molecule has 6 heteroatoms. The molecular weight excluding hydrogens is 305 g/mol. The number of methoxy groups -OCH3 is 1. The van der Waals surface area contributed by atoms with Crippen LogP contribution >= 0.6 is 27.5 Å². The topological polar surface area (TPSA) is 50.8 Å². The van der Waals surface area contributed by atoms with E-state index in [2.05, 4.69) is 30.9 Å². The van der Waals surface area contributed by atoms with Crippen molar-refractivity contribution in [3.05, 3.63) is 28.0 Å². The van der Waals surface area contributed by atoms with Gasteiger partial charge in [0.25, 0.3) is 0 Å². The predicted octanol–water partition coefficient (Wildman–Crippen LogP) is 3.54. The van der Waals surface area contributed by atoms with E-state index in [1.807, 2.05) is 6.07 Å². The number of hydrogen-bond acceptors (Lipinski definition) is 3. The van der Waals surface area contributed by atoms with Crippen LogP contribution in [0.5, 0.6) is 5.88 Å². The number of ether oxygens (including phenoxy) is 1. The number of halogens is 2. The molecule has 0 saturated heterocycles. The highest BCUT2D eigenvalue weighted by molar-refractivity contribution is 9.10. The third-order valence-corrected chi connectivity index (χ3v) is 3.14. The van der Waals surface area contributed by atoms with Crippen molar-refractivity contribution in [3.8, 4) is 5.88 Å². The molecule has 1 N–H and O–H groups in total. The van der Waals surface area contributed by atoms with Gasteiger partial charge < -0.3 is 9.72 Å². The highest BCUT2D eigenvalue weighted by atomic mass is 79.9. The number of nitrogens with zero attached hydrogens (tertiary/aromatic N) is 2. The lowest BCUT2D eigenvalue weighted by Gasteiger charge is -2.01. The number of rotatable bonds is 1. The van der Waals surface area contributed by atoms with Crippen LogP contribution in [0.15, 0.2) is 22.8 Å². The second-order valence-electron chi connectivity index (χ2n) is 3.55. The number of aromatic amines is 1. The minimum atomic E-state index is 0.389. The first-order chi connectivity index (χ1) is 8.19. The lowest BCUT2D eigenvalue weighted by atomic mass is 10.3. The highest BCUT2D eigenvalue weighted by Crippen LogP contribution is 2.32. The molecule has 0 fully saturated rings. The van der Waals surface area contributed by atoms with E-state index in [1.165, 1.54) is 0 Å². The number of pyridine rings is 2. The molecule has 3 aromatic heterocycles. The molecule has 0 aliphatic carbocycles. The summed E-state index contributed by atoms with van der Waals surface area (Å²) in [5.41, 5.74) is 2.60. The summed E-state index contributed by atoms with van der Waals surface area (Å²) in [6.45, 7) is 0. The van der Waals surface area contributed by atoms with Gasteiger partial charge in [0.05, 0.1) is 23.5 Å². The predicted molar refractivity (Wildman–Crippen MR) is 70.7 cm³/mol. The molecule has 0 aliphatic heterocycles. The number of H-pyrrole nitrogens is 1. The molecule has 0 amide bonds. The van der Waals surface area contributed by atoms with Crippen molar-refractivity contribution in [2.75, 3.05) is 7.11 Å². The van der Waals surface area contributed by atoms with Gasteiger partial charge in [0.2, 0.25) is 5.88 Å². The van der Waals surface area contributed by atoms with Crippen LogP contribution < -0.4 is 4.74 Å². The average molecular weight is 313 g/mol. The van der Waals surface area contributed by atoms with Gasteiger partial charge in [-0.05, 0) is 28.1 Å². The maximum Gasteiger partial charge on any atom is 0.226 e. The molecule has 4 nitrogen and oxygen atoms in total. The Kier molecular flexibility index (Phi) is 2.45. The van der Waals surface area contributed by atoms with E-state index >= 15 is 0 Å². The van der Waals surface area contributed by atoms with Crippen LogP contribution in [0.1, 0.15) is 0 Å². The maximum absolute atomic E-state index is 5.92. The summed E-state index contributed by atoms with van der Waals surface area (Å²) < 4.78 is 6.15. The van der Waals surface area contributed by atoms with Crippen LogP contribution in [0.3, 0.4) is 0 Å². The van der Waals surface area contributed by atoms with Crippen LogP contribution in [0.2, 0.25) is 5.15 Å². The molecule has 0 bridgehead atoms. The number of nitrogens with one attached hydrogen (secondary N) is 1. The molecule has 0 aromatic carbocycles. The molecule has 86 valence electrons. The third kappa shape index (κ3) is 1.66. The van der Waals surface area contributed by atoms with Crippen LogP contribution in [-0.2, 0) is 0 Å².